The van der Waals surface area contributed by atoms with E-state index in [0.717, 1.165) is 11.3 Å². The maximum absolute atomic E-state index is 12.7. The number of benzene rings is 1. The summed E-state index contributed by atoms with van der Waals surface area (Å²) in [4.78, 5) is 0. The average Bonchev–Trinajstić information content (AvgIpc) is 2.21. The Bertz CT molecular complexity index is 284. The Morgan fingerprint density at radius 3 is 2.33 bits per heavy atom. The van der Waals surface area contributed by atoms with Gasteiger partial charge in [0, 0.05) is 11.8 Å². The molecule has 0 amide bonds. The molecule has 15 heavy (non-hydrogen) atoms. The van der Waals surface area contributed by atoms with Gasteiger partial charge in [0.2, 0.25) is 0 Å². The number of thioether (sulfide) groups is 1. The summed E-state index contributed by atoms with van der Waals surface area (Å²) in [7, 11) is 1.94. The van der Waals surface area contributed by atoms with E-state index in [1.165, 1.54) is 12.1 Å². The highest BCUT2D eigenvalue weighted by Gasteiger charge is 2.09. The van der Waals surface area contributed by atoms with Gasteiger partial charge in [0.05, 0.1) is 0 Å². The third-order valence-corrected chi connectivity index (χ3v) is 3.41. The first-order valence-corrected chi connectivity index (χ1v) is 6.22. The molecule has 0 aliphatic heterocycles. The lowest BCUT2D eigenvalue weighted by Gasteiger charge is -2.17. The van der Waals surface area contributed by atoms with Crippen LogP contribution in [0.1, 0.15) is 25.5 Å². The van der Waals surface area contributed by atoms with Crippen LogP contribution in [0.5, 0.6) is 0 Å². The Hall–Kier alpha value is -0.540. The zero-order valence-electron chi connectivity index (χ0n) is 9.46. The number of hydrogen-bond acceptors (Lipinski definition) is 2. The smallest absolute Gasteiger partial charge is 0.123 e. The molecule has 1 aromatic carbocycles. The summed E-state index contributed by atoms with van der Waals surface area (Å²) in [6.07, 6.45) is 0. The van der Waals surface area contributed by atoms with E-state index in [1.807, 2.05) is 30.9 Å². The fourth-order valence-electron chi connectivity index (χ4n) is 1.33. The minimum Gasteiger partial charge on any atom is -0.312 e. The Morgan fingerprint density at radius 2 is 1.87 bits per heavy atom. The van der Waals surface area contributed by atoms with Crippen molar-refractivity contribution in [3.63, 3.8) is 0 Å². The average molecular weight is 227 g/mol. The summed E-state index contributed by atoms with van der Waals surface area (Å²) in [5.41, 5.74) is 1.15. The number of rotatable bonds is 5. The molecule has 1 N–H and O–H groups in total. The first-order chi connectivity index (χ1) is 7.13. The lowest BCUT2D eigenvalue weighted by Crippen LogP contribution is -2.19. The maximum atomic E-state index is 12.7. The molecule has 1 nitrogen and oxygen atoms in total. The van der Waals surface area contributed by atoms with Crippen molar-refractivity contribution >= 4 is 11.8 Å². The first kappa shape index (κ1) is 12.5. The fourth-order valence-corrected chi connectivity index (χ4v) is 2.27. The fraction of sp³-hybridized carbons (Fsp3) is 0.500. The van der Waals surface area contributed by atoms with E-state index in [9.17, 15) is 4.39 Å². The maximum Gasteiger partial charge on any atom is 0.123 e. The normalized spacial score (nSPS) is 13.1. The van der Waals surface area contributed by atoms with E-state index in [1.54, 1.807) is 0 Å². The Labute approximate surface area is 95.5 Å². The zero-order chi connectivity index (χ0) is 11.3. The molecule has 84 valence electrons. The second-order valence-corrected chi connectivity index (χ2v) is 5.38. The van der Waals surface area contributed by atoms with Crippen LogP contribution in [0.3, 0.4) is 0 Å². The van der Waals surface area contributed by atoms with Crippen LogP contribution < -0.4 is 5.32 Å². The van der Waals surface area contributed by atoms with Gasteiger partial charge in [-0.15, -0.1) is 0 Å². The summed E-state index contributed by atoms with van der Waals surface area (Å²) in [5.74, 6) is 0.838. The molecule has 0 aliphatic rings. The molecular formula is C12H18FNS. The lowest BCUT2D eigenvalue weighted by atomic mass is 10.1. The van der Waals surface area contributed by atoms with Crippen molar-refractivity contribution in [3.8, 4) is 0 Å². The molecule has 3 heteroatoms. The molecule has 1 aromatic rings. The Balaban J connectivity index is 2.61. The van der Waals surface area contributed by atoms with Crippen LogP contribution in [-0.2, 0) is 0 Å². The van der Waals surface area contributed by atoms with Crippen molar-refractivity contribution in [2.75, 3.05) is 12.8 Å². The summed E-state index contributed by atoms with van der Waals surface area (Å²) < 4.78 is 12.7. The van der Waals surface area contributed by atoms with Crippen LogP contribution in [-0.4, -0.2) is 18.1 Å². The standard InChI is InChI=1S/C12H18FNS/c1-9(2)15-8-12(14-3)10-4-6-11(13)7-5-10/h4-7,9,12,14H,8H2,1-3H3. The van der Waals surface area contributed by atoms with Gasteiger partial charge in [-0.05, 0) is 30.0 Å². The van der Waals surface area contributed by atoms with Crippen molar-refractivity contribution < 1.29 is 4.39 Å². The van der Waals surface area contributed by atoms with Crippen LogP contribution >= 0.6 is 11.8 Å². The summed E-state index contributed by atoms with van der Waals surface area (Å²) in [6.45, 7) is 4.37. The monoisotopic (exact) mass is 227 g/mol. The topological polar surface area (TPSA) is 12.0 Å². The van der Waals surface area contributed by atoms with E-state index in [0.29, 0.717) is 11.3 Å². The van der Waals surface area contributed by atoms with Crippen molar-refractivity contribution in [3.05, 3.63) is 35.6 Å². The minimum absolute atomic E-state index is 0.176. The number of halogens is 1. The molecule has 1 rings (SSSR count). The molecule has 0 bridgehead atoms. The molecule has 0 radical (unpaired) electrons. The summed E-state index contributed by atoms with van der Waals surface area (Å²) in [5, 5.41) is 3.88. The zero-order valence-corrected chi connectivity index (χ0v) is 10.3. The van der Waals surface area contributed by atoms with E-state index in [4.69, 9.17) is 0 Å². The Kier molecular flexibility index (Phi) is 5.12. The van der Waals surface area contributed by atoms with Crippen molar-refractivity contribution in [1.82, 2.24) is 5.32 Å². The van der Waals surface area contributed by atoms with Crippen LogP contribution in [0.25, 0.3) is 0 Å². The molecule has 1 atom stereocenters. The van der Waals surface area contributed by atoms with Crippen molar-refractivity contribution in [1.29, 1.82) is 0 Å². The molecule has 0 aromatic heterocycles. The highest BCUT2D eigenvalue weighted by molar-refractivity contribution is 7.99. The molecule has 0 heterocycles. The van der Waals surface area contributed by atoms with Gasteiger partial charge in [0.25, 0.3) is 0 Å². The first-order valence-electron chi connectivity index (χ1n) is 5.18. The van der Waals surface area contributed by atoms with Gasteiger partial charge in [0.15, 0.2) is 0 Å². The van der Waals surface area contributed by atoms with Crippen LogP contribution in [0.15, 0.2) is 24.3 Å². The number of nitrogens with one attached hydrogen (secondary N) is 1. The van der Waals surface area contributed by atoms with Crippen LogP contribution in [0.2, 0.25) is 0 Å². The largest absolute Gasteiger partial charge is 0.312 e. The van der Waals surface area contributed by atoms with E-state index >= 15 is 0 Å². The van der Waals surface area contributed by atoms with Crippen molar-refractivity contribution in [2.45, 2.75) is 25.1 Å². The second-order valence-electron chi connectivity index (χ2n) is 3.77. The molecule has 0 spiro atoms. The SMILES string of the molecule is CNC(CSC(C)C)c1ccc(F)cc1. The molecule has 0 saturated carbocycles. The van der Waals surface area contributed by atoms with Gasteiger partial charge < -0.3 is 5.32 Å². The minimum atomic E-state index is -0.176. The summed E-state index contributed by atoms with van der Waals surface area (Å²) in [6, 6.07) is 7.02. The van der Waals surface area contributed by atoms with Crippen LogP contribution in [0, 0.1) is 5.82 Å². The van der Waals surface area contributed by atoms with E-state index in [-0.39, 0.29) is 5.82 Å². The Morgan fingerprint density at radius 1 is 1.27 bits per heavy atom. The van der Waals surface area contributed by atoms with E-state index < -0.39 is 0 Å². The highest BCUT2D eigenvalue weighted by atomic mass is 32.2. The second kappa shape index (κ2) is 6.13. The molecular weight excluding hydrogens is 209 g/mol. The number of hydrogen-bond donors (Lipinski definition) is 1. The molecule has 0 fully saturated rings. The lowest BCUT2D eigenvalue weighted by molar-refractivity contribution is 0.620. The van der Waals surface area contributed by atoms with Gasteiger partial charge in [-0.2, -0.15) is 11.8 Å². The quantitative estimate of drug-likeness (QED) is 0.829. The molecule has 1 unspecified atom stereocenters. The van der Waals surface area contributed by atoms with Gasteiger partial charge >= 0.3 is 0 Å². The molecule has 0 saturated heterocycles. The highest BCUT2D eigenvalue weighted by Crippen LogP contribution is 2.21. The van der Waals surface area contributed by atoms with Gasteiger partial charge in [-0.1, -0.05) is 26.0 Å². The van der Waals surface area contributed by atoms with Crippen LogP contribution in [0.4, 0.5) is 4.39 Å². The van der Waals surface area contributed by atoms with E-state index in [2.05, 4.69) is 19.2 Å². The third kappa shape index (κ3) is 4.22. The third-order valence-electron chi connectivity index (χ3n) is 2.22. The van der Waals surface area contributed by atoms with Gasteiger partial charge in [-0.3, -0.25) is 0 Å². The van der Waals surface area contributed by atoms with Gasteiger partial charge in [-0.25, -0.2) is 4.39 Å². The molecule has 0 aliphatic carbocycles. The van der Waals surface area contributed by atoms with Crippen molar-refractivity contribution in [2.24, 2.45) is 0 Å². The van der Waals surface area contributed by atoms with Gasteiger partial charge in [0.1, 0.15) is 5.82 Å². The predicted octanol–water partition coefficient (Wildman–Crippen LogP) is 3.23. The predicted molar refractivity (Wildman–Crippen MR) is 65.8 cm³/mol. The summed E-state index contributed by atoms with van der Waals surface area (Å²) >= 11 is 1.91.